The molecular weight excluding hydrogens is 252 g/mol. The summed E-state index contributed by atoms with van der Waals surface area (Å²) in [6.45, 7) is 0. The lowest BCUT2D eigenvalue weighted by molar-refractivity contribution is 0.0945. The molecule has 1 aliphatic carbocycles. The predicted octanol–water partition coefficient (Wildman–Crippen LogP) is 1.80. The average molecular weight is 268 g/mol. The van der Waals surface area contributed by atoms with Gasteiger partial charge in [-0.3, -0.25) is 4.79 Å². The third-order valence-electron chi connectivity index (χ3n) is 3.48. The van der Waals surface area contributed by atoms with E-state index in [9.17, 15) is 4.79 Å². The van der Waals surface area contributed by atoms with Crippen molar-refractivity contribution in [3.8, 4) is 0 Å². The second-order valence-corrected chi connectivity index (χ2v) is 4.87. The van der Waals surface area contributed by atoms with Gasteiger partial charge >= 0.3 is 0 Å². The first kappa shape index (κ1) is 12.6. The summed E-state index contributed by atoms with van der Waals surface area (Å²) in [5.74, 6) is 0.906. The SMILES string of the molecule is CNc1cnc(C(=O)NC2CC2c2ccccc2)cn1. The van der Waals surface area contributed by atoms with E-state index in [0.717, 1.165) is 6.42 Å². The first-order valence-electron chi connectivity index (χ1n) is 6.63. The molecule has 5 nitrogen and oxygen atoms in total. The molecule has 1 amide bonds. The van der Waals surface area contributed by atoms with Gasteiger partial charge in [0.25, 0.3) is 5.91 Å². The fourth-order valence-corrected chi connectivity index (χ4v) is 2.24. The number of carbonyl (C=O) groups is 1. The van der Waals surface area contributed by atoms with Crippen LogP contribution >= 0.6 is 0 Å². The highest BCUT2D eigenvalue weighted by atomic mass is 16.2. The van der Waals surface area contributed by atoms with Crippen LogP contribution in [-0.4, -0.2) is 29.0 Å². The van der Waals surface area contributed by atoms with Crippen LogP contribution in [0.4, 0.5) is 5.82 Å². The van der Waals surface area contributed by atoms with Crippen molar-refractivity contribution in [1.82, 2.24) is 15.3 Å². The van der Waals surface area contributed by atoms with E-state index in [1.54, 1.807) is 13.2 Å². The van der Waals surface area contributed by atoms with E-state index in [1.165, 1.54) is 11.8 Å². The molecule has 1 fully saturated rings. The monoisotopic (exact) mass is 268 g/mol. The maximum absolute atomic E-state index is 12.0. The highest BCUT2D eigenvalue weighted by Gasteiger charge is 2.39. The number of rotatable bonds is 4. The standard InChI is InChI=1S/C15H16N4O/c1-16-14-9-17-13(8-18-14)15(20)19-12-7-11(12)10-5-3-2-4-6-10/h2-6,8-9,11-12H,7H2,1H3,(H,16,18)(H,19,20). The number of hydrogen-bond donors (Lipinski definition) is 2. The molecule has 20 heavy (non-hydrogen) atoms. The zero-order valence-corrected chi connectivity index (χ0v) is 11.2. The Morgan fingerprint density at radius 1 is 1.20 bits per heavy atom. The fourth-order valence-electron chi connectivity index (χ4n) is 2.24. The summed E-state index contributed by atoms with van der Waals surface area (Å²) < 4.78 is 0. The summed E-state index contributed by atoms with van der Waals surface area (Å²) in [5, 5.41) is 5.86. The Kier molecular flexibility index (Phi) is 3.33. The van der Waals surface area contributed by atoms with Crippen molar-refractivity contribution < 1.29 is 4.79 Å². The van der Waals surface area contributed by atoms with Crippen molar-refractivity contribution in [2.24, 2.45) is 0 Å². The van der Waals surface area contributed by atoms with E-state index in [4.69, 9.17) is 0 Å². The predicted molar refractivity (Wildman–Crippen MR) is 76.6 cm³/mol. The van der Waals surface area contributed by atoms with Crippen LogP contribution in [0.3, 0.4) is 0 Å². The minimum absolute atomic E-state index is 0.163. The Hall–Kier alpha value is -2.43. The molecule has 1 saturated carbocycles. The third-order valence-corrected chi connectivity index (χ3v) is 3.48. The van der Waals surface area contributed by atoms with Gasteiger partial charge in [-0.1, -0.05) is 30.3 Å². The van der Waals surface area contributed by atoms with Crippen LogP contribution in [0.15, 0.2) is 42.7 Å². The van der Waals surface area contributed by atoms with Gasteiger partial charge in [0.1, 0.15) is 11.5 Å². The maximum atomic E-state index is 12.0. The van der Waals surface area contributed by atoms with Gasteiger partial charge in [0.05, 0.1) is 12.4 Å². The minimum Gasteiger partial charge on any atom is -0.372 e. The second kappa shape index (κ2) is 5.28. The Bertz CT molecular complexity index is 597. The molecule has 0 saturated heterocycles. The van der Waals surface area contributed by atoms with Gasteiger partial charge in [-0.25, -0.2) is 9.97 Å². The highest BCUT2D eigenvalue weighted by molar-refractivity contribution is 5.92. The number of anilines is 1. The molecule has 1 aromatic heterocycles. The quantitative estimate of drug-likeness (QED) is 0.887. The number of carbonyl (C=O) groups excluding carboxylic acids is 1. The molecule has 1 aliphatic rings. The van der Waals surface area contributed by atoms with E-state index < -0.39 is 0 Å². The number of aromatic nitrogens is 2. The molecule has 2 N–H and O–H groups in total. The van der Waals surface area contributed by atoms with Gasteiger partial charge in [-0.05, 0) is 12.0 Å². The molecule has 0 radical (unpaired) electrons. The molecule has 3 rings (SSSR count). The first-order chi connectivity index (χ1) is 9.78. The van der Waals surface area contributed by atoms with Gasteiger partial charge in [-0.15, -0.1) is 0 Å². The van der Waals surface area contributed by atoms with Gasteiger partial charge in [-0.2, -0.15) is 0 Å². The van der Waals surface area contributed by atoms with Crippen LogP contribution in [0, 0.1) is 0 Å². The second-order valence-electron chi connectivity index (χ2n) is 4.87. The normalized spacial score (nSPS) is 20.2. The van der Waals surface area contributed by atoms with Crippen molar-refractivity contribution in [2.75, 3.05) is 12.4 Å². The molecule has 5 heteroatoms. The molecule has 0 spiro atoms. The molecule has 2 unspecified atom stereocenters. The van der Waals surface area contributed by atoms with Crippen molar-refractivity contribution in [3.63, 3.8) is 0 Å². The van der Waals surface area contributed by atoms with E-state index in [1.807, 2.05) is 18.2 Å². The summed E-state index contributed by atoms with van der Waals surface area (Å²) in [6.07, 6.45) is 4.02. The Morgan fingerprint density at radius 2 is 2.00 bits per heavy atom. The number of nitrogens with zero attached hydrogens (tertiary/aromatic N) is 2. The molecule has 1 heterocycles. The molecule has 0 aliphatic heterocycles. The number of hydrogen-bond acceptors (Lipinski definition) is 4. The van der Waals surface area contributed by atoms with E-state index >= 15 is 0 Å². The minimum atomic E-state index is -0.163. The Balaban J connectivity index is 1.60. The smallest absolute Gasteiger partial charge is 0.271 e. The summed E-state index contributed by atoms with van der Waals surface area (Å²) >= 11 is 0. The number of nitrogens with one attached hydrogen (secondary N) is 2. The highest BCUT2D eigenvalue weighted by Crippen LogP contribution is 2.40. The van der Waals surface area contributed by atoms with Crippen molar-refractivity contribution in [1.29, 1.82) is 0 Å². The third kappa shape index (κ3) is 2.61. The average Bonchev–Trinajstić information content (AvgIpc) is 3.27. The van der Waals surface area contributed by atoms with Crippen molar-refractivity contribution >= 4 is 11.7 Å². The van der Waals surface area contributed by atoms with Crippen molar-refractivity contribution in [2.45, 2.75) is 18.4 Å². The van der Waals surface area contributed by atoms with E-state index in [2.05, 4.69) is 32.7 Å². The summed E-state index contributed by atoms with van der Waals surface area (Å²) in [4.78, 5) is 20.2. The van der Waals surface area contributed by atoms with Gasteiger partial charge < -0.3 is 10.6 Å². The fraction of sp³-hybridized carbons (Fsp3) is 0.267. The van der Waals surface area contributed by atoms with Gasteiger partial charge in [0, 0.05) is 19.0 Å². The van der Waals surface area contributed by atoms with Crippen LogP contribution in [0.25, 0.3) is 0 Å². The van der Waals surface area contributed by atoms with Crippen LogP contribution in [0.2, 0.25) is 0 Å². The van der Waals surface area contributed by atoms with Crippen LogP contribution in [-0.2, 0) is 0 Å². The van der Waals surface area contributed by atoms with Crippen molar-refractivity contribution in [3.05, 3.63) is 54.0 Å². The largest absolute Gasteiger partial charge is 0.372 e. The van der Waals surface area contributed by atoms with Crippen LogP contribution < -0.4 is 10.6 Å². The van der Waals surface area contributed by atoms with Gasteiger partial charge in [0.15, 0.2) is 0 Å². The lowest BCUT2D eigenvalue weighted by Gasteiger charge is -2.05. The molecule has 2 aromatic rings. The lowest BCUT2D eigenvalue weighted by Crippen LogP contribution is -2.27. The van der Waals surface area contributed by atoms with E-state index in [-0.39, 0.29) is 11.9 Å². The number of amides is 1. The molecule has 1 aromatic carbocycles. The Morgan fingerprint density at radius 3 is 2.65 bits per heavy atom. The molecule has 0 bridgehead atoms. The lowest BCUT2D eigenvalue weighted by atomic mass is 10.1. The van der Waals surface area contributed by atoms with Gasteiger partial charge in [0.2, 0.25) is 0 Å². The summed E-state index contributed by atoms with van der Waals surface area (Å²) in [6, 6.07) is 10.4. The van der Waals surface area contributed by atoms with E-state index in [0.29, 0.717) is 17.4 Å². The number of benzene rings is 1. The topological polar surface area (TPSA) is 66.9 Å². The zero-order valence-electron chi connectivity index (χ0n) is 11.2. The van der Waals surface area contributed by atoms with Crippen LogP contribution in [0.5, 0.6) is 0 Å². The van der Waals surface area contributed by atoms with Crippen LogP contribution in [0.1, 0.15) is 28.4 Å². The molecule has 2 atom stereocenters. The first-order valence-corrected chi connectivity index (χ1v) is 6.63. The zero-order chi connectivity index (χ0) is 13.9. The summed E-state index contributed by atoms with van der Waals surface area (Å²) in [5.41, 5.74) is 1.62. The Labute approximate surface area is 117 Å². The maximum Gasteiger partial charge on any atom is 0.271 e. The molecule has 102 valence electrons. The molecular formula is C15H16N4O. The summed E-state index contributed by atoms with van der Waals surface area (Å²) in [7, 11) is 1.76.